The summed E-state index contributed by atoms with van der Waals surface area (Å²) in [5, 5.41) is 20.1. The molecule has 0 atom stereocenters. The van der Waals surface area contributed by atoms with Gasteiger partial charge in [-0.2, -0.15) is 5.26 Å². The zero-order valence-electron chi connectivity index (χ0n) is 15.1. The molecule has 3 N–H and O–H groups in total. The predicted molar refractivity (Wildman–Crippen MR) is 117 cm³/mol. The van der Waals surface area contributed by atoms with Crippen molar-refractivity contribution in [1.82, 2.24) is 19.9 Å². The number of nitriles is 1. The summed E-state index contributed by atoms with van der Waals surface area (Å²) in [7, 11) is 0. The maximum absolute atomic E-state index is 11.0. The number of hydrogen-bond donors (Lipinski definition) is 3. The van der Waals surface area contributed by atoms with Crippen LogP contribution < -0.4 is 0 Å². The van der Waals surface area contributed by atoms with E-state index < -0.39 is 5.97 Å². The molecule has 0 spiro atoms. The summed E-state index contributed by atoms with van der Waals surface area (Å²) in [5.41, 5.74) is 3.10. The Morgan fingerprint density at radius 3 is 2.03 bits per heavy atom. The summed E-state index contributed by atoms with van der Waals surface area (Å²) in [6.07, 6.45) is 3.78. The number of carbonyl (C=O) groups is 1. The minimum absolute atomic E-state index is 0.0713. The van der Waals surface area contributed by atoms with E-state index in [4.69, 9.17) is 33.6 Å². The molecule has 0 fully saturated rings. The molecule has 4 rings (SSSR count). The van der Waals surface area contributed by atoms with Gasteiger partial charge in [-0.05, 0) is 36.8 Å². The molecule has 2 aromatic heterocycles. The standard InChI is InChI=1S/C9H6ClN3S.C9H7ClN2O2S/c1-14-9-12-7-3-2-6(10)5(4-11)8(7)13-9;1-15-9-11-5-3-2-4(10)6(8(13)14)7(5)12-9/h2-3H,1H3,(H,12,13);2-3H,1H3,(H,11,12)(H,13,14). The Balaban J connectivity index is 0.000000166. The molecule has 11 heteroatoms. The molecule has 0 unspecified atom stereocenters. The highest BCUT2D eigenvalue weighted by molar-refractivity contribution is 7.98. The Morgan fingerprint density at radius 2 is 1.52 bits per heavy atom. The predicted octanol–water partition coefficient (Wildman–Crippen LogP) is 5.45. The van der Waals surface area contributed by atoms with Gasteiger partial charge < -0.3 is 15.1 Å². The zero-order valence-corrected chi connectivity index (χ0v) is 18.2. The van der Waals surface area contributed by atoms with Crippen molar-refractivity contribution in [2.75, 3.05) is 12.5 Å². The maximum atomic E-state index is 11.0. The first-order valence-electron chi connectivity index (χ1n) is 7.97. The number of hydrogen-bond acceptors (Lipinski definition) is 6. The second-order valence-corrected chi connectivity index (χ2v) is 7.95. The number of halogens is 2. The van der Waals surface area contributed by atoms with E-state index in [-0.39, 0.29) is 10.6 Å². The molecular formula is C18H13Cl2N5O2S2. The number of aromatic nitrogens is 4. The molecule has 4 aromatic rings. The third-order valence-corrected chi connectivity index (χ3v) is 5.68. The minimum atomic E-state index is -1.05. The van der Waals surface area contributed by atoms with Crippen LogP contribution in [-0.4, -0.2) is 43.5 Å². The Hall–Kier alpha value is -2.38. The van der Waals surface area contributed by atoms with Crippen LogP contribution in [0.5, 0.6) is 0 Å². The van der Waals surface area contributed by atoms with Crippen LogP contribution in [0.1, 0.15) is 15.9 Å². The number of carboxylic acids is 1. The normalized spacial score (nSPS) is 10.6. The molecule has 29 heavy (non-hydrogen) atoms. The number of H-pyrrole nitrogens is 2. The molecule has 2 heterocycles. The number of aromatic amines is 2. The van der Waals surface area contributed by atoms with Crippen LogP contribution >= 0.6 is 46.7 Å². The number of nitrogens with one attached hydrogen (secondary N) is 2. The van der Waals surface area contributed by atoms with Gasteiger partial charge in [-0.25, -0.2) is 14.8 Å². The van der Waals surface area contributed by atoms with E-state index in [0.717, 1.165) is 10.7 Å². The fourth-order valence-corrected chi connectivity index (χ4v) is 3.80. The van der Waals surface area contributed by atoms with Crippen LogP contribution in [0.3, 0.4) is 0 Å². The SMILES string of the molecule is CSc1nc2ccc(Cl)c(C#N)c2[nH]1.CSc1nc2ccc(Cl)c(C(=O)O)c2[nH]1. The van der Waals surface area contributed by atoms with Crippen LogP contribution in [0.2, 0.25) is 10.0 Å². The van der Waals surface area contributed by atoms with Gasteiger partial charge in [0, 0.05) is 0 Å². The fraction of sp³-hybridized carbons (Fsp3) is 0.111. The van der Waals surface area contributed by atoms with Gasteiger partial charge >= 0.3 is 5.97 Å². The lowest BCUT2D eigenvalue weighted by Gasteiger charge is -1.98. The third-order valence-electron chi connectivity index (χ3n) is 3.89. The highest BCUT2D eigenvalue weighted by Crippen LogP contribution is 2.27. The summed E-state index contributed by atoms with van der Waals surface area (Å²) >= 11 is 14.6. The molecular weight excluding hydrogens is 453 g/mol. The number of fused-ring (bicyclic) bond motifs is 2. The minimum Gasteiger partial charge on any atom is -0.478 e. The van der Waals surface area contributed by atoms with Gasteiger partial charge in [0.15, 0.2) is 10.3 Å². The molecule has 0 aliphatic rings. The van der Waals surface area contributed by atoms with Gasteiger partial charge in [-0.15, -0.1) is 0 Å². The van der Waals surface area contributed by atoms with Crippen LogP contribution in [0.25, 0.3) is 22.1 Å². The van der Waals surface area contributed by atoms with Crippen molar-refractivity contribution in [2.24, 2.45) is 0 Å². The Labute approximate surface area is 183 Å². The first kappa shape index (κ1) is 21.3. The molecule has 0 amide bonds. The van der Waals surface area contributed by atoms with Crippen molar-refractivity contribution in [2.45, 2.75) is 10.3 Å². The Kier molecular flexibility index (Phi) is 6.59. The number of thioether (sulfide) groups is 2. The van der Waals surface area contributed by atoms with Gasteiger partial charge in [0.25, 0.3) is 0 Å². The largest absolute Gasteiger partial charge is 0.478 e. The van der Waals surface area contributed by atoms with Crippen molar-refractivity contribution in [1.29, 1.82) is 5.26 Å². The molecule has 0 saturated heterocycles. The molecule has 148 valence electrons. The monoisotopic (exact) mass is 465 g/mol. The maximum Gasteiger partial charge on any atom is 0.339 e. The quantitative estimate of drug-likeness (QED) is 0.344. The van der Waals surface area contributed by atoms with Crippen LogP contribution in [0, 0.1) is 11.3 Å². The lowest BCUT2D eigenvalue weighted by Crippen LogP contribution is -1.98. The second-order valence-electron chi connectivity index (χ2n) is 5.54. The number of carboxylic acid groups (broad SMARTS) is 1. The van der Waals surface area contributed by atoms with Gasteiger partial charge in [-0.3, -0.25) is 0 Å². The topological polar surface area (TPSA) is 118 Å². The second kappa shape index (κ2) is 8.97. The molecule has 0 bridgehead atoms. The van der Waals surface area contributed by atoms with E-state index in [0.29, 0.717) is 32.3 Å². The Morgan fingerprint density at radius 1 is 1.00 bits per heavy atom. The third kappa shape index (κ3) is 4.31. The van der Waals surface area contributed by atoms with Crippen molar-refractivity contribution in [3.63, 3.8) is 0 Å². The lowest BCUT2D eigenvalue weighted by atomic mass is 10.2. The van der Waals surface area contributed by atoms with E-state index in [2.05, 4.69) is 26.0 Å². The van der Waals surface area contributed by atoms with Crippen LogP contribution in [0.15, 0.2) is 34.6 Å². The summed E-state index contributed by atoms with van der Waals surface area (Å²) in [6.45, 7) is 0. The van der Waals surface area contributed by atoms with E-state index >= 15 is 0 Å². The highest BCUT2D eigenvalue weighted by atomic mass is 35.5. The average molecular weight is 466 g/mol. The van der Waals surface area contributed by atoms with Gasteiger partial charge in [0.2, 0.25) is 0 Å². The van der Waals surface area contributed by atoms with Crippen molar-refractivity contribution < 1.29 is 9.90 Å². The molecule has 0 saturated carbocycles. The van der Waals surface area contributed by atoms with Gasteiger partial charge in [0.05, 0.1) is 37.7 Å². The highest BCUT2D eigenvalue weighted by Gasteiger charge is 2.16. The first-order valence-corrected chi connectivity index (χ1v) is 11.2. The van der Waals surface area contributed by atoms with Gasteiger partial charge in [-0.1, -0.05) is 46.7 Å². The van der Waals surface area contributed by atoms with Crippen molar-refractivity contribution >= 4 is 74.8 Å². The van der Waals surface area contributed by atoms with E-state index in [1.165, 1.54) is 29.6 Å². The zero-order chi connectivity index (χ0) is 21.1. The molecule has 2 aromatic carbocycles. The molecule has 0 aliphatic heterocycles. The van der Waals surface area contributed by atoms with E-state index in [1.807, 2.05) is 12.5 Å². The molecule has 7 nitrogen and oxygen atoms in total. The smallest absolute Gasteiger partial charge is 0.339 e. The summed E-state index contributed by atoms with van der Waals surface area (Å²) in [5.74, 6) is -1.05. The van der Waals surface area contributed by atoms with E-state index in [9.17, 15) is 4.79 Å². The van der Waals surface area contributed by atoms with Crippen LogP contribution in [-0.2, 0) is 0 Å². The fourth-order valence-electron chi connectivity index (χ4n) is 2.57. The van der Waals surface area contributed by atoms with Crippen molar-refractivity contribution in [3.8, 4) is 6.07 Å². The Bertz CT molecular complexity index is 1260. The number of aromatic carboxylic acids is 1. The summed E-state index contributed by atoms with van der Waals surface area (Å²) in [6, 6.07) is 8.79. The summed E-state index contributed by atoms with van der Waals surface area (Å²) < 4.78 is 0. The number of imidazole rings is 2. The molecule has 0 radical (unpaired) electrons. The summed E-state index contributed by atoms with van der Waals surface area (Å²) in [4.78, 5) is 25.4. The average Bonchev–Trinajstić information content (AvgIpc) is 3.31. The van der Waals surface area contributed by atoms with E-state index in [1.54, 1.807) is 18.2 Å². The van der Waals surface area contributed by atoms with Gasteiger partial charge in [0.1, 0.15) is 11.6 Å². The van der Waals surface area contributed by atoms with Crippen molar-refractivity contribution in [3.05, 3.63) is 45.4 Å². The first-order chi connectivity index (χ1) is 13.9. The van der Waals surface area contributed by atoms with Crippen LogP contribution in [0.4, 0.5) is 0 Å². The lowest BCUT2D eigenvalue weighted by molar-refractivity contribution is 0.0699. The number of nitrogens with zero attached hydrogens (tertiary/aromatic N) is 3. The number of rotatable bonds is 3. The molecule has 0 aliphatic carbocycles. The number of benzene rings is 2.